The fourth-order valence-corrected chi connectivity index (χ4v) is 3.39. The summed E-state index contributed by atoms with van der Waals surface area (Å²) in [7, 11) is 0. The van der Waals surface area contributed by atoms with Crippen molar-refractivity contribution < 1.29 is 9.59 Å². The van der Waals surface area contributed by atoms with E-state index in [0.29, 0.717) is 5.69 Å². The molecule has 4 aromatic rings. The van der Waals surface area contributed by atoms with E-state index in [-0.39, 0.29) is 18.4 Å². The summed E-state index contributed by atoms with van der Waals surface area (Å²) in [5.74, 6) is -0.327. The summed E-state index contributed by atoms with van der Waals surface area (Å²) in [6.07, 6.45) is 1.57. The Hall–Kier alpha value is -3.93. The maximum Gasteiger partial charge on any atom is 0.260 e. The summed E-state index contributed by atoms with van der Waals surface area (Å²) in [4.78, 5) is 23.5. The van der Waals surface area contributed by atoms with Gasteiger partial charge in [-0.2, -0.15) is 5.10 Å². The Morgan fingerprint density at radius 2 is 1.48 bits per heavy atom. The van der Waals surface area contributed by atoms with Crippen molar-refractivity contribution in [1.29, 1.82) is 0 Å². The van der Waals surface area contributed by atoms with Gasteiger partial charge in [-0.1, -0.05) is 48.5 Å². The average Bonchev–Trinajstić information content (AvgIpc) is 3.03. The molecule has 6 heteroatoms. The fourth-order valence-electron chi connectivity index (χ4n) is 3.39. The molecule has 0 unspecified atom stereocenters. The third-order valence-electron chi connectivity index (χ3n) is 4.62. The second-order valence-corrected chi connectivity index (χ2v) is 6.72. The first-order valence-corrected chi connectivity index (χ1v) is 9.27. The van der Waals surface area contributed by atoms with E-state index in [2.05, 4.69) is 28.0 Å². The molecule has 0 saturated heterocycles. The first-order chi connectivity index (χ1) is 14.1. The molecule has 0 atom stereocenters. The van der Waals surface area contributed by atoms with Gasteiger partial charge in [-0.15, -0.1) is 0 Å². The third kappa shape index (κ3) is 4.01. The molecule has 2 amide bonds. The summed E-state index contributed by atoms with van der Waals surface area (Å²) in [6, 6.07) is 23.3. The number of hydrogen-bond donors (Lipinski definition) is 2. The van der Waals surface area contributed by atoms with E-state index in [1.807, 2.05) is 53.1 Å². The highest BCUT2D eigenvalue weighted by atomic mass is 16.2. The highest BCUT2D eigenvalue weighted by Gasteiger charge is 2.12. The second kappa shape index (κ2) is 7.98. The summed E-state index contributed by atoms with van der Waals surface area (Å²) >= 11 is 0. The zero-order valence-electron chi connectivity index (χ0n) is 15.9. The van der Waals surface area contributed by atoms with Crippen LogP contribution in [0.25, 0.3) is 21.8 Å². The van der Waals surface area contributed by atoms with Crippen molar-refractivity contribution >= 4 is 45.5 Å². The smallest absolute Gasteiger partial charge is 0.260 e. The van der Waals surface area contributed by atoms with Crippen LogP contribution in [0.4, 0.5) is 5.69 Å². The summed E-state index contributed by atoms with van der Waals surface area (Å²) < 4.78 is 2.00. The Bertz CT molecular complexity index is 1170. The minimum Gasteiger partial charge on any atom is -0.331 e. The van der Waals surface area contributed by atoms with Gasteiger partial charge >= 0.3 is 0 Å². The van der Waals surface area contributed by atoms with E-state index in [4.69, 9.17) is 0 Å². The number of nitrogens with zero attached hydrogens (tertiary/aromatic N) is 2. The molecule has 144 valence electrons. The van der Waals surface area contributed by atoms with E-state index in [9.17, 15) is 9.59 Å². The number of fused-ring (bicyclic) bond motifs is 3. The highest BCUT2D eigenvalue weighted by molar-refractivity contribution is 6.08. The van der Waals surface area contributed by atoms with Gasteiger partial charge in [-0.25, -0.2) is 5.43 Å². The predicted molar refractivity (Wildman–Crippen MR) is 116 cm³/mol. The van der Waals surface area contributed by atoms with Crippen molar-refractivity contribution in [1.82, 2.24) is 9.99 Å². The summed E-state index contributed by atoms with van der Waals surface area (Å²) in [5.41, 5.74) is 6.14. The normalized spacial score (nSPS) is 11.2. The number of aromatic nitrogens is 1. The van der Waals surface area contributed by atoms with Gasteiger partial charge in [0.25, 0.3) is 5.91 Å². The minimum absolute atomic E-state index is 0.122. The summed E-state index contributed by atoms with van der Waals surface area (Å²) in [6.45, 7) is 1.63. The lowest BCUT2D eigenvalue weighted by molar-refractivity contribution is -0.121. The van der Waals surface area contributed by atoms with Gasteiger partial charge in [0.1, 0.15) is 6.54 Å². The lowest BCUT2D eigenvalue weighted by Gasteiger charge is -2.06. The number of hydrazone groups is 1. The first kappa shape index (κ1) is 18.4. The van der Waals surface area contributed by atoms with Gasteiger partial charge in [-0.3, -0.25) is 9.59 Å². The zero-order chi connectivity index (χ0) is 20.2. The molecular weight excluding hydrogens is 364 g/mol. The highest BCUT2D eigenvalue weighted by Crippen LogP contribution is 2.28. The number of hydrogen-bond acceptors (Lipinski definition) is 3. The van der Waals surface area contributed by atoms with Gasteiger partial charge in [-0.05, 0) is 29.8 Å². The van der Waals surface area contributed by atoms with Crippen LogP contribution in [0.2, 0.25) is 0 Å². The van der Waals surface area contributed by atoms with E-state index in [0.717, 1.165) is 27.4 Å². The number of anilines is 1. The molecule has 0 aliphatic heterocycles. The topological polar surface area (TPSA) is 75.5 Å². The van der Waals surface area contributed by atoms with Crippen LogP contribution in [-0.2, 0) is 16.1 Å². The molecule has 6 nitrogen and oxygen atoms in total. The number of carbonyl (C=O) groups excluding carboxylic acids is 2. The number of nitrogens with one attached hydrogen (secondary N) is 2. The lowest BCUT2D eigenvalue weighted by atomic mass is 10.2. The molecule has 0 aliphatic carbocycles. The van der Waals surface area contributed by atoms with Crippen LogP contribution < -0.4 is 10.7 Å². The minimum atomic E-state index is -0.206. The molecular formula is C23H20N4O2. The fraction of sp³-hybridized carbons (Fsp3) is 0.0870. The molecule has 2 N–H and O–H groups in total. The number of benzene rings is 3. The van der Waals surface area contributed by atoms with Crippen LogP contribution >= 0.6 is 0 Å². The van der Waals surface area contributed by atoms with E-state index in [1.165, 1.54) is 6.92 Å². The standard InChI is InChI=1S/C23H20N4O2/c1-16(28)25-18-12-10-17(11-13-18)14-24-26-23(29)15-27-21-8-4-2-6-19(21)20-7-3-5-9-22(20)27/h2-14H,15H2,1H3,(H,25,28)(H,26,29)/b24-14+. The Balaban J connectivity index is 1.47. The van der Waals surface area contributed by atoms with E-state index < -0.39 is 0 Å². The number of para-hydroxylation sites is 2. The molecule has 0 aliphatic rings. The molecule has 0 bridgehead atoms. The molecule has 3 aromatic carbocycles. The molecule has 0 saturated carbocycles. The van der Waals surface area contributed by atoms with Gasteiger partial charge in [0, 0.05) is 34.4 Å². The van der Waals surface area contributed by atoms with Crippen LogP contribution in [0, 0.1) is 0 Å². The zero-order valence-corrected chi connectivity index (χ0v) is 15.9. The van der Waals surface area contributed by atoms with E-state index >= 15 is 0 Å². The first-order valence-electron chi connectivity index (χ1n) is 9.27. The van der Waals surface area contributed by atoms with Crippen molar-refractivity contribution in [2.75, 3.05) is 5.32 Å². The third-order valence-corrected chi connectivity index (χ3v) is 4.62. The molecule has 0 spiro atoms. The van der Waals surface area contributed by atoms with Crippen LogP contribution in [0.5, 0.6) is 0 Å². The van der Waals surface area contributed by atoms with Crippen molar-refractivity contribution in [3.05, 3.63) is 78.4 Å². The van der Waals surface area contributed by atoms with Gasteiger partial charge in [0.2, 0.25) is 5.91 Å². The molecule has 1 heterocycles. The quantitative estimate of drug-likeness (QED) is 0.404. The lowest BCUT2D eigenvalue weighted by Crippen LogP contribution is -2.23. The largest absolute Gasteiger partial charge is 0.331 e. The maximum absolute atomic E-state index is 12.5. The Kier molecular flexibility index (Phi) is 5.07. The van der Waals surface area contributed by atoms with Crippen molar-refractivity contribution in [3.63, 3.8) is 0 Å². The van der Waals surface area contributed by atoms with Crippen LogP contribution in [0.15, 0.2) is 77.9 Å². The molecule has 0 fully saturated rings. The monoisotopic (exact) mass is 384 g/mol. The van der Waals surface area contributed by atoms with Gasteiger partial charge in [0.05, 0.1) is 6.21 Å². The predicted octanol–water partition coefficient (Wildman–Crippen LogP) is 3.90. The molecule has 4 rings (SSSR count). The van der Waals surface area contributed by atoms with Crippen LogP contribution in [-0.4, -0.2) is 22.6 Å². The van der Waals surface area contributed by atoms with Crippen molar-refractivity contribution in [2.24, 2.45) is 5.10 Å². The Labute approximate surface area is 167 Å². The average molecular weight is 384 g/mol. The SMILES string of the molecule is CC(=O)Nc1ccc(/C=N/NC(=O)Cn2c3ccccc3c3ccccc32)cc1. The molecule has 0 radical (unpaired) electrons. The van der Waals surface area contributed by atoms with E-state index in [1.54, 1.807) is 18.3 Å². The van der Waals surface area contributed by atoms with Crippen molar-refractivity contribution in [3.8, 4) is 0 Å². The number of rotatable bonds is 5. The molecule has 29 heavy (non-hydrogen) atoms. The number of carbonyl (C=O) groups is 2. The Morgan fingerprint density at radius 1 is 0.897 bits per heavy atom. The Morgan fingerprint density at radius 3 is 2.07 bits per heavy atom. The van der Waals surface area contributed by atoms with Crippen LogP contribution in [0.1, 0.15) is 12.5 Å². The molecule has 1 aromatic heterocycles. The second-order valence-electron chi connectivity index (χ2n) is 6.72. The van der Waals surface area contributed by atoms with Gasteiger partial charge < -0.3 is 9.88 Å². The summed E-state index contributed by atoms with van der Waals surface area (Å²) in [5, 5.41) is 9.00. The number of amides is 2. The van der Waals surface area contributed by atoms with Crippen LogP contribution in [0.3, 0.4) is 0 Å². The van der Waals surface area contributed by atoms with Crippen molar-refractivity contribution in [2.45, 2.75) is 13.5 Å². The maximum atomic E-state index is 12.5. The van der Waals surface area contributed by atoms with Gasteiger partial charge in [0.15, 0.2) is 0 Å².